The van der Waals surface area contributed by atoms with E-state index in [9.17, 15) is 18.4 Å². The number of carbonyl (C=O) groups excluding carboxylic acids is 2. The van der Waals surface area contributed by atoms with Gasteiger partial charge in [0.05, 0.1) is 5.69 Å². The first-order valence-electron chi connectivity index (χ1n) is 7.86. The fraction of sp³-hybridized carbons (Fsp3) is 0. The first-order chi connectivity index (χ1) is 12.9. The van der Waals surface area contributed by atoms with Crippen molar-refractivity contribution in [2.75, 3.05) is 10.6 Å². The minimum atomic E-state index is -0.873. The quantitative estimate of drug-likeness (QED) is 0.653. The van der Waals surface area contributed by atoms with Crippen LogP contribution < -0.4 is 10.6 Å². The summed E-state index contributed by atoms with van der Waals surface area (Å²) < 4.78 is 26.5. The van der Waals surface area contributed by atoms with Crippen LogP contribution >= 0.6 is 11.6 Å². The Hall–Kier alpha value is -3.25. The predicted molar refractivity (Wildman–Crippen MR) is 100 cm³/mol. The van der Waals surface area contributed by atoms with Crippen LogP contribution in [0.5, 0.6) is 0 Å². The number of hydrogen-bond donors (Lipinski definition) is 2. The third kappa shape index (κ3) is 4.68. The van der Waals surface area contributed by atoms with E-state index in [2.05, 4.69) is 10.6 Å². The molecule has 7 heteroatoms. The molecule has 0 fully saturated rings. The van der Waals surface area contributed by atoms with Crippen LogP contribution in [-0.4, -0.2) is 11.8 Å². The van der Waals surface area contributed by atoms with E-state index >= 15 is 0 Å². The number of carbonyl (C=O) groups is 2. The van der Waals surface area contributed by atoms with Crippen molar-refractivity contribution in [2.45, 2.75) is 0 Å². The summed E-state index contributed by atoms with van der Waals surface area (Å²) in [7, 11) is 0. The maximum Gasteiger partial charge on any atom is 0.255 e. The Morgan fingerprint density at radius 3 is 1.85 bits per heavy atom. The maximum absolute atomic E-state index is 13.6. The van der Waals surface area contributed by atoms with Crippen LogP contribution in [0.25, 0.3) is 0 Å². The van der Waals surface area contributed by atoms with Crippen LogP contribution in [0.15, 0.2) is 66.7 Å². The third-order valence-corrected chi connectivity index (χ3v) is 3.94. The molecule has 0 saturated carbocycles. The molecule has 2 amide bonds. The number of halogens is 3. The molecule has 2 N–H and O–H groups in total. The molecule has 3 aromatic rings. The van der Waals surface area contributed by atoms with Crippen molar-refractivity contribution in [2.24, 2.45) is 0 Å². The Labute approximate surface area is 158 Å². The average Bonchev–Trinajstić information content (AvgIpc) is 2.66. The molecule has 0 radical (unpaired) electrons. The van der Waals surface area contributed by atoms with Crippen molar-refractivity contribution in [1.29, 1.82) is 0 Å². The molecule has 136 valence electrons. The van der Waals surface area contributed by atoms with Gasteiger partial charge >= 0.3 is 0 Å². The summed E-state index contributed by atoms with van der Waals surface area (Å²) in [5, 5.41) is 5.61. The van der Waals surface area contributed by atoms with Gasteiger partial charge in [0, 0.05) is 27.9 Å². The molecular formula is C20H13ClF2N2O2. The zero-order chi connectivity index (χ0) is 19.4. The van der Waals surface area contributed by atoms with Gasteiger partial charge in [0.1, 0.15) is 11.6 Å². The largest absolute Gasteiger partial charge is 0.322 e. The minimum Gasteiger partial charge on any atom is -0.322 e. The van der Waals surface area contributed by atoms with E-state index in [1.165, 1.54) is 24.3 Å². The molecular weight excluding hydrogens is 374 g/mol. The van der Waals surface area contributed by atoms with E-state index in [0.717, 1.165) is 12.1 Å². The van der Waals surface area contributed by atoms with Crippen molar-refractivity contribution in [3.63, 3.8) is 0 Å². The smallest absolute Gasteiger partial charge is 0.255 e. The van der Waals surface area contributed by atoms with Crippen LogP contribution in [0, 0.1) is 11.6 Å². The van der Waals surface area contributed by atoms with Crippen LogP contribution in [0.2, 0.25) is 5.02 Å². The summed E-state index contributed by atoms with van der Waals surface area (Å²) in [6.07, 6.45) is 0. The highest BCUT2D eigenvalue weighted by molar-refractivity contribution is 6.30. The number of rotatable bonds is 4. The lowest BCUT2D eigenvalue weighted by atomic mass is 10.1. The fourth-order valence-electron chi connectivity index (χ4n) is 2.29. The maximum atomic E-state index is 13.6. The van der Waals surface area contributed by atoms with Gasteiger partial charge in [-0.3, -0.25) is 9.59 Å². The van der Waals surface area contributed by atoms with E-state index in [1.54, 1.807) is 24.3 Å². The number of benzene rings is 3. The highest BCUT2D eigenvalue weighted by Crippen LogP contribution is 2.17. The molecule has 0 atom stereocenters. The van der Waals surface area contributed by atoms with Crippen molar-refractivity contribution < 1.29 is 18.4 Å². The van der Waals surface area contributed by atoms with Crippen molar-refractivity contribution >= 4 is 34.8 Å². The zero-order valence-corrected chi connectivity index (χ0v) is 14.6. The molecule has 4 nitrogen and oxygen atoms in total. The van der Waals surface area contributed by atoms with Gasteiger partial charge in [-0.1, -0.05) is 11.6 Å². The zero-order valence-electron chi connectivity index (χ0n) is 13.8. The Balaban J connectivity index is 1.67. The molecule has 0 aliphatic carbocycles. The molecule has 0 spiro atoms. The summed E-state index contributed by atoms with van der Waals surface area (Å²) >= 11 is 5.80. The molecule has 0 saturated heterocycles. The first kappa shape index (κ1) is 18.5. The second kappa shape index (κ2) is 7.97. The van der Waals surface area contributed by atoms with Gasteiger partial charge in [0.25, 0.3) is 11.8 Å². The summed E-state index contributed by atoms with van der Waals surface area (Å²) in [4.78, 5) is 24.4. The summed E-state index contributed by atoms with van der Waals surface area (Å²) in [5.74, 6) is -2.54. The SMILES string of the molecule is O=C(Nc1ccc(Cl)cc1)c1ccc(C(=O)Nc2ccc(F)cc2F)cc1. The molecule has 0 aliphatic rings. The number of nitrogens with one attached hydrogen (secondary N) is 2. The Bertz CT molecular complexity index is 990. The molecule has 0 aliphatic heterocycles. The van der Waals surface area contributed by atoms with Gasteiger partial charge in [0.15, 0.2) is 0 Å². The van der Waals surface area contributed by atoms with Gasteiger partial charge in [0.2, 0.25) is 0 Å². The average molecular weight is 387 g/mol. The van der Waals surface area contributed by atoms with Crippen LogP contribution in [0.1, 0.15) is 20.7 Å². The van der Waals surface area contributed by atoms with Crippen molar-refractivity contribution in [3.8, 4) is 0 Å². The Morgan fingerprint density at radius 1 is 0.741 bits per heavy atom. The molecule has 27 heavy (non-hydrogen) atoms. The number of hydrogen-bond acceptors (Lipinski definition) is 2. The van der Waals surface area contributed by atoms with E-state index in [0.29, 0.717) is 22.3 Å². The third-order valence-electron chi connectivity index (χ3n) is 3.69. The lowest BCUT2D eigenvalue weighted by Crippen LogP contribution is -2.15. The second-order valence-corrected chi connectivity index (χ2v) is 6.05. The number of amides is 2. The van der Waals surface area contributed by atoms with E-state index in [1.807, 2.05) is 0 Å². The predicted octanol–water partition coefficient (Wildman–Crippen LogP) is 5.12. The van der Waals surface area contributed by atoms with Gasteiger partial charge in [-0.25, -0.2) is 8.78 Å². The fourth-order valence-corrected chi connectivity index (χ4v) is 2.42. The number of anilines is 2. The molecule has 3 rings (SSSR count). The Kier molecular flexibility index (Phi) is 5.47. The van der Waals surface area contributed by atoms with Gasteiger partial charge < -0.3 is 10.6 Å². The summed E-state index contributed by atoms with van der Waals surface area (Å²) in [5.41, 5.74) is 1.01. The normalized spacial score (nSPS) is 10.3. The van der Waals surface area contributed by atoms with Gasteiger partial charge in [-0.2, -0.15) is 0 Å². The standard InChI is InChI=1S/C20H13ClF2N2O2/c21-14-5-8-16(9-6-14)24-19(26)12-1-3-13(4-2-12)20(27)25-18-10-7-15(22)11-17(18)23/h1-11H,(H,24,26)(H,25,27). The second-order valence-electron chi connectivity index (χ2n) is 5.62. The summed E-state index contributed by atoms with van der Waals surface area (Å²) in [6, 6.07) is 15.3. The van der Waals surface area contributed by atoms with Crippen LogP contribution in [0.3, 0.4) is 0 Å². The van der Waals surface area contributed by atoms with Crippen molar-refractivity contribution in [1.82, 2.24) is 0 Å². The highest BCUT2D eigenvalue weighted by atomic mass is 35.5. The van der Waals surface area contributed by atoms with Gasteiger partial charge in [-0.05, 0) is 60.7 Å². The monoisotopic (exact) mass is 386 g/mol. The van der Waals surface area contributed by atoms with Crippen LogP contribution in [0.4, 0.5) is 20.2 Å². The minimum absolute atomic E-state index is 0.133. The molecule has 0 heterocycles. The topological polar surface area (TPSA) is 58.2 Å². The molecule has 0 unspecified atom stereocenters. The van der Waals surface area contributed by atoms with Gasteiger partial charge in [-0.15, -0.1) is 0 Å². The van der Waals surface area contributed by atoms with E-state index in [4.69, 9.17) is 11.6 Å². The van der Waals surface area contributed by atoms with Crippen molar-refractivity contribution in [3.05, 3.63) is 94.5 Å². The first-order valence-corrected chi connectivity index (χ1v) is 8.23. The summed E-state index contributed by atoms with van der Waals surface area (Å²) in [6.45, 7) is 0. The lowest BCUT2D eigenvalue weighted by molar-refractivity contribution is 0.101. The van der Waals surface area contributed by atoms with Crippen LogP contribution in [-0.2, 0) is 0 Å². The van der Waals surface area contributed by atoms with E-state index in [-0.39, 0.29) is 17.2 Å². The van der Waals surface area contributed by atoms with E-state index < -0.39 is 17.5 Å². The lowest BCUT2D eigenvalue weighted by Gasteiger charge is -2.08. The molecule has 0 aromatic heterocycles. The highest BCUT2D eigenvalue weighted by Gasteiger charge is 2.12. The Morgan fingerprint density at radius 2 is 1.30 bits per heavy atom. The molecule has 3 aromatic carbocycles. The molecule has 0 bridgehead atoms.